The first-order valence-corrected chi connectivity index (χ1v) is 6.51. The van der Waals surface area contributed by atoms with Crippen LogP contribution >= 0.6 is 0 Å². The lowest BCUT2D eigenvalue weighted by Crippen LogP contribution is -2.19. The zero-order valence-electron chi connectivity index (χ0n) is 10.3. The zero-order chi connectivity index (χ0) is 12.4. The van der Waals surface area contributed by atoms with Gasteiger partial charge in [-0.15, -0.1) is 0 Å². The highest BCUT2D eigenvalue weighted by atomic mass is 16.5. The van der Waals surface area contributed by atoms with E-state index in [-0.39, 0.29) is 0 Å². The zero-order valence-corrected chi connectivity index (χ0v) is 10.3. The van der Waals surface area contributed by atoms with Crippen molar-refractivity contribution in [1.82, 2.24) is 0 Å². The van der Waals surface area contributed by atoms with E-state index in [0.29, 0.717) is 18.4 Å². The van der Waals surface area contributed by atoms with Crippen LogP contribution in [0.2, 0.25) is 0 Å². The number of rotatable bonds is 2. The van der Waals surface area contributed by atoms with Gasteiger partial charge in [0.05, 0.1) is 6.10 Å². The molecule has 0 amide bonds. The summed E-state index contributed by atoms with van der Waals surface area (Å²) < 4.78 is 11.4. The molecule has 1 fully saturated rings. The second-order valence-electron chi connectivity index (χ2n) is 4.87. The molecule has 0 saturated heterocycles. The molecule has 0 aromatic heterocycles. The van der Waals surface area contributed by atoms with Crippen LogP contribution in [0.4, 0.5) is 0 Å². The number of oxime groups is 1. The van der Waals surface area contributed by atoms with Crippen LogP contribution in [0, 0.1) is 0 Å². The highest BCUT2D eigenvalue weighted by molar-refractivity contribution is 6.05. The lowest BCUT2D eigenvalue weighted by Gasteiger charge is -2.23. The van der Waals surface area contributed by atoms with Crippen LogP contribution in [0.5, 0.6) is 11.5 Å². The maximum absolute atomic E-state index is 8.82. The summed E-state index contributed by atoms with van der Waals surface area (Å²) in [5.41, 5.74) is 1.43. The number of nitrogens with zero attached hydrogens (tertiary/aromatic N) is 1. The van der Waals surface area contributed by atoms with Gasteiger partial charge in [0, 0.05) is 11.6 Å². The molecular weight excluding hydrogens is 230 g/mol. The Bertz CT molecular complexity index is 464. The number of hydrogen-bond donors (Lipinski definition) is 1. The van der Waals surface area contributed by atoms with Crippen molar-refractivity contribution < 1.29 is 14.7 Å². The maximum Gasteiger partial charge on any atom is 0.134 e. The lowest BCUT2D eigenvalue weighted by atomic mass is 9.98. The largest absolute Gasteiger partial charge is 0.490 e. The molecule has 4 heteroatoms. The Balaban J connectivity index is 1.75. The van der Waals surface area contributed by atoms with E-state index in [4.69, 9.17) is 14.7 Å². The van der Waals surface area contributed by atoms with E-state index in [1.807, 2.05) is 18.2 Å². The number of fused-ring (bicyclic) bond motifs is 1. The van der Waals surface area contributed by atoms with Crippen molar-refractivity contribution in [2.24, 2.45) is 5.16 Å². The molecule has 2 aliphatic rings. The first-order chi connectivity index (χ1) is 8.86. The van der Waals surface area contributed by atoms with Gasteiger partial charge in [0.1, 0.15) is 23.8 Å². The third-order valence-corrected chi connectivity index (χ3v) is 3.60. The Hall–Kier alpha value is -1.71. The molecular formula is C14H17NO3. The summed E-state index contributed by atoms with van der Waals surface area (Å²) in [6.45, 7) is 0.332. The fourth-order valence-electron chi connectivity index (χ4n) is 2.62. The van der Waals surface area contributed by atoms with Crippen LogP contribution in [-0.2, 0) is 0 Å². The average Bonchev–Trinajstić information content (AvgIpc) is 2.82. The topological polar surface area (TPSA) is 51.1 Å². The van der Waals surface area contributed by atoms with Crippen molar-refractivity contribution in [2.75, 3.05) is 6.61 Å². The third-order valence-electron chi connectivity index (χ3n) is 3.60. The van der Waals surface area contributed by atoms with Crippen molar-refractivity contribution in [1.29, 1.82) is 0 Å². The smallest absolute Gasteiger partial charge is 0.134 e. The Morgan fingerprint density at radius 3 is 2.83 bits per heavy atom. The summed E-state index contributed by atoms with van der Waals surface area (Å²) in [5.74, 6) is 1.59. The molecule has 0 atom stereocenters. The van der Waals surface area contributed by atoms with Gasteiger partial charge in [0.25, 0.3) is 0 Å². The predicted molar refractivity (Wildman–Crippen MR) is 67.8 cm³/mol. The molecule has 0 unspecified atom stereocenters. The minimum absolute atomic E-state index is 0.332. The minimum Gasteiger partial charge on any atom is -0.490 e. The third kappa shape index (κ3) is 2.15. The van der Waals surface area contributed by atoms with Crippen molar-refractivity contribution in [2.45, 2.75) is 38.2 Å². The van der Waals surface area contributed by atoms with Gasteiger partial charge in [0.15, 0.2) is 0 Å². The molecule has 96 valence electrons. The molecule has 0 spiro atoms. The lowest BCUT2D eigenvalue weighted by molar-refractivity contribution is 0.154. The molecule has 4 nitrogen and oxygen atoms in total. The highest BCUT2D eigenvalue weighted by Gasteiger charge is 2.21. The van der Waals surface area contributed by atoms with E-state index in [1.165, 1.54) is 19.3 Å². The standard InChI is InChI=1S/C14H17NO3/c16-15-13-9-17-14-8-11(6-7-12(13)14)18-10-4-2-1-3-5-10/h6-8,10,16H,1-5,9H2. The van der Waals surface area contributed by atoms with Gasteiger partial charge in [0.2, 0.25) is 0 Å². The molecule has 1 aromatic rings. The average molecular weight is 247 g/mol. The summed E-state index contributed by atoms with van der Waals surface area (Å²) in [6.07, 6.45) is 6.46. The van der Waals surface area contributed by atoms with Gasteiger partial charge in [-0.25, -0.2) is 0 Å². The van der Waals surface area contributed by atoms with E-state index in [9.17, 15) is 0 Å². The van der Waals surface area contributed by atoms with E-state index in [2.05, 4.69) is 5.16 Å². The first-order valence-electron chi connectivity index (χ1n) is 6.51. The van der Waals surface area contributed by atoms with Gasteiger partial charge in [-0.1, -0.05) is 11.6 Å². The van der Waals surface area contributed by atoms with Gasteiger partial charge in [-0.05, 0) is 37.8 Å². The van der Waals surface area contributed by atoms with Crippen LogP contribution in [-0.4, -0.2) is 23.6 Å². The fourth-order valence-corrected chi connectivity index (χ4v) is 2.62. The van der Waals surface area contributed by atoms with Gasteiger partial charge in [-0.3, -0.25) is 0 Å². The Morgan fingerprint density at radius 2 is 2.06 bits per heavy atom. The van der Waals surface area contributed by atoms with E-state index in [1.54, 1.807) is 0 Å². The Morgan fingerprint density at radius 1 is 1.22 bits per heavy atom. The monoisotopic (exact) mass is 247 g/mol. The minimum atomic E-state index is 0.332. The van der Waals surface area contributed by atoms with Crippen molar-refractivity contribution in [3.8, 4) is 11.5 Å². The van der Waals surface area contributed by atoms with Crippen LogP contribution in [0.15, 0.2) is 23.4 Å². The molecule has 1 heterocycles. The van der Waals surface area contributed by atoms with E-state index in [0.717, 1.165) is 29.9 Å². The van der Waals surface area contributed by atoms with Crippen LogP contribution in [0.3, 0.4) is 0 Å². The second kappa shape index (κ2) is 4.88. The maximum atomic E-state index is 8.82. The fraction of sp³-hybridized carbons (Fsp3) is 0.500. The van der Waals surface area contributed by atoms with Gasteiger partial charge < -0.3 is 14.7 Å². The molecule has 1 saturated carbocycles. The second-order valence-corrected chi connectivity index (χ2v) is 4.87. The Labute approximate surface area is 106 Å². The quantitative estimate of drug-likeness (QED) is 0.645. The molecule has 0 bridgehead atoms. The number of ether oxygens (including phenoxy) is 2. The summed E-state index contributed by atoms with van der Waals surface area (Å²) in [7, 11) is 0. The van der Waals surface area contributed by atoms with Crippen molar-refractivity contribution in [3.63, 3.8) is 0 Å². The molecule has 1 aromatic carbocycles. The molecule has 0 radical (unpaired) electrons. The summed E-state index contributed by atoms with van der Waals surface area (Å²) in [4.78, 5) is 0. The van der Waals surface area contributed by atoms with E-state index >= 15 is 0 Å². The molecule has 1 aliphatic heterocycles. The predicted octanol–water partition coefficient (Wildman–Crippen LogP) is 2.97. The summed E-state index contributed by atoms with van der Waals surface area (Å²) in [5, 5.41) is 12.0. The number of benzene rings is 1. The van der Waals surface area contributed by atoms with Crippen LogP contribution < -0.4 is 9.47 Å². The molecule has 3 rings (SSSR count). The van der Waals surface area contributed by atoms with Crippen molar-refractivity contribution in [3.05, 3.63) is 23.8 Å². The summed E-state index contributed by atoms with van der Waals surface area (Å²) in [6, 6.07) is 5.71. The van der Waals surface area contributed by atoms with Crippen molar-refractivity contribution >= 4 is 5.71 Å². The summed E-state index contributed by atoms with van der Waals surface area (Å²) >= 11 is 0. The molecule has 1 aliphatic carbocycles. The van der Waals surface area contributed by atoms with Gasteiger partial charge in [-0.2, -0.15) is 0 Å². The van der Waals surface area contributed by atoms with E-state index < -0.39 is 0 Å². The van der Waals surface area contributed by atoms with Crippen LogP contribution in [0.25, 0.3) is 0 Å². The molecule has 18 heavy (non-hydrogen) atoms. The Kier molecular flexibility index (Phi) is 3.09. The molecule has 1 N–H and O–H groups in total. The first kappa shape index (κ1) is 11.4. The number of hydrogen-bond acceptors (Lipinski definition) is 4. The van der Waals surface area contributed by atoms with Gasteiger partial charge >= 0.3 is 0 Å². The SMILES string of the molecule is ON=C1COc2cc(OC3CCCCC3)ccc21. The normalized spacial score (nSPS) is 21.7. The highest BCUT2D eigenvalue weighted by Crippen LogP contribution is 2.31. The van der Waals surface area contributed by atoms with Crippen LogP contribution in [0.1, 0.15) is 37.7 Å².